The summed E-state index contributed by atoms with van der Waals surface area (Å²) < 4.78 is 24.3. The third-order valence-electron chi connectivity index (χ3n) is 19.6. The van der Waals surface area contributed by atoms with E-state index in [2.05, 4.69) is 42.5 Å². The summed E-state index contributed by atoms with van der Waals surface area (Å²) >= 11 is 14.0. The molecule has 21 bridgehead atoms. The molecule has 4 fully saturated rings. The Kier molecular flexibility index (Phi) is 17.6. The summed E-state index contributed by atoms with van der Waals surface area (Å²) in [4.78, 5) is 122. The van der Waals surface area contributed by atoms with Gasteiger partial charge in [-0.3, -0.25) is 33.6 Å². The lowest BCUT2D eigenvalue weighted by Gasteiger charge is -2.54. The van der Waals surface area contributed by atoms with Crippen LogP contribution in [0.1, 0.15) is 128 Å². The number of halogens is 2. The number of aliphatic hydroxyl groups excluding tert-OH is 1. The molecule has 8 atom stereocenters. The number of carbonyl (C=O) groups excluding carboxylic acids is 8. The van der Waals surface area contributed by atoms with Crippen molar-refractivity contribution in [3.8, 4) is 80.1 Å². The van der Waals surface area contributed by atoms with Crippen LogP contribution in [0.5, 0.6) is 69.0 Å². The van der Waals surface area contributed by atoms with Crippen molar-refractivity contribution >= 4 is 70.6 Å². The fourth-order valence-corrected chi connectivity index (χ4v) is 15.7. The molecule has 10 aliphatic rings. The molecule has 4 saturated carbocycles. The molecule has 0 spiro atoms. The Labute approximate surface area is 590 Å². The van der Waals surface area contributed by atoms with Crippen LogP contribution in [-0.4, -0.2) is 107 Å². The third kappa shape index (κ3) is 13.4. The number of hydrogen-bond acceptors (Lipinski definition) is 19. The molecular formula is C73H68Cl2N8O19. The Bertz CT molecular complexity index is 4670. The highest BCUT2D eigenvalue weighted by molar-refractivity contribution is 6.32. The van der Waals surface area contributed by atoms with Gasteiger partial charge in [-0.15, -0.1) is 0 Å². The van der Waals surface area contributed by atoms with Gasteiger partial charge in [0.2, 0.25) is 47.1 Å². The number of phenols is 6. The van der Waals surface area contributed by atoms with Crippen LogP contribution in [0.4, 0.5) is 4.79 Å². The fourth-order valence-electron chi connectivity index (χ4n) is 15.2. The largest absolute Gasteiger partial charge is 0.508 e. The SMILES string of the molecule is CC(C)(C)OC(=O)N[C@H]1C(=O)N[C@@H]2Cc3ccc(c(Cl)c3)Oc3cc4cc(c3O)Oc3ccc(cc3Cl)[C@@H](O)[C@@H]3NC(=O)[C@H](NC(=O)[C@@H]4NC(=O)[C@@H](NC2=O)c2cc(O)cc(c2)Oc2cc1ccc2O)c1ccc(O)c(c1)-c1c(O)cc(O)cc1[C@H](C(=O)NC1C2CC4CC(C2)CC1C4)NC3=O. The van der Waals surface area contributed by atoms with Crippen LogP contribution in [0.3, 0.4) is 0 Å². The minimum Gasteiger partial charge on any atom is -0.508 e. The molecule has 0 saturated heterocycles. The number of carbonyl (C=O) groups is 8. The number of aliphatic hydroxyl groups is 1. The van der Waals surface area contributed by atoms with Crippen molar-refractivity contribution in [3.63, 3.8) is 0 Å². The minimum atomic E-state index is -2.19. The smallest absolute Gasteiger partial charge is 0.408 e. The topological polar surface area (TPSA) is 411 Å². The average molecular weight is 1430 g/mol. The molecule has 0 aromatic heterocycles. The molecule has 6 heterocycles. The number of amides is 8. The summed E-state index contributed by atoms with van der Waals surface area (Å²) in [6.07, 6.45) is 1.02. The summed E-state index contributed by atoms with van der Waals surface area (Å²) in [6.45, 7) is 4.75. The van der Waals surface area contributed by atoms with Crippen molar-refractivity contribution in [2.45, 2.75) is 119 Å². The summed E-state index contributed by atoms with van der Waals surface area (Å²) in [5.74, 6) is -12.5. The van der Waals surface area contributed by atoms with Crippen LogP contribution < -0.4 is 56.7 Å². The van der Waals surface area contributed by atoms with Crippen molar-refractivity contribution in [3.05, 3.63) is 164 Å². The van der Waals surface area contributed by atoms with Gasteiger partial charge in [-0.05, 0) is 194 Å². The molecule has 29 heteroatoms. The predicted molar refractivity (Wildman–Crippen MR) is 361 cm³/mol. The van der Waals surface area contributed by atoms with Gasteiger partial charge in [-0.2, -0.15) is 0 Å². The van der Waals surface area contributed by atoms with Crippen LogP contribution in [0.15, 0.2) is 115 Å². The van der Waals surface area contributed by atoms with E-state index in [1.807, 2.05) is 0 Å². The highest BCUT2D eigenvalue weighted by Gasteiger charge is 2.50. The fraction of sp³-hybridized carbons (Fsp3) is 0.315. The van der Waals surface area contributed by atoms with E-state index in [4.69, 9.17) is 42.1 Å². The van der Waals surface area contributed by atoms with Gasteiger partial charge < -0.3 is 97.2 Å². The highest BCUT2D eigenvalue weighted by atomic mass is 35.5. The van der Waals surface area contributed by atoms with E-state index in [1.165, 1.54) is 66.7 Å². The molecule has 0 radical (unpaired) electrons. The highest BCUT2D eigenvalue weighted by Crippen LogP contribution is 2.55. The van der Waals surface area contributed by atoms with E-state index < -0.39 is 154 Å². The van der Waals surface area contributed by atoms with Gasteiger partial charge in [-0.1, -0.05) is 47.5 Å². The maximum absolute atomic E-state index is 16.1. The van der Waals surface area contributed by atoms with E-state index >= 15 is 28.8 Å². The lowest BCUT2D eigenvalue weighted by atomic mass is 9.54. The molecule has 8 amide bonds. The van der Waals surface area contributed by atoms with Gasteiger partial charge in [0, 0.05) is 35.7 Å². The zero-order chi connectivity index (χ0) is 72.1. The van der Waals surface area contributed by atoms with Crippen LogP contribution in [0, 0.1) is 23.7 Å². The predicted octanol–water partition coefficient (Wildman–Crippen LogP) is 8.41. The monoisotopic (exact) mass is 1430 g/mol. The van der Waals surface area contributed by atoms with Crippen LogP contribution >= 0.6 is 23.2 Å². The number of aromatic hydroxyl groups is 6. The molecular weight excluding hydrogens is 1360 g/mol. The Morgan fingerprint density at radius 2 is 1.09 bits per heavy atom. The normalized spacial score (nSPS) is 25.8. The lowest BCUT2D eigenvalue weighted by Crippen LogP contribution is -2.59. The van der Waals surface area contributed by atoms with E-state index in [0.717, 1.165) is 80.6 Å². The zero-order valence-electron chi connectivity index (χ0n) is 54.5. The maximum Gasteiger partial charge on any atom is 0.408 e. The van der Waals surface area contributed by atoms with Crippen molar-refractivity contribution in [1.29, 1.82) is 0 Å². The Hall–Kier alpha value is -11.2. The number of nitrogens with one attached hydrogen (secondary N) is 8. The maximum atomic E-state index is 16.1. The number of benzene rings is 7. The third-order valence-corrected chi connectivity index (χ3v) is 20.2. The first-order valence-corrected chi connectivity index (χ1v) is 33.6. The van der Waals surface area contributed by atoms with E-state index in [0.29, 0.717) is 11.8 Å². The number of ether oxygens (including phenoxy) is 4. The van der Waals surface area contributed by atoms with E-state index in [-0.39, 0.29) is 101 Å². The minimum absolute atomic E-state index is 0.00192. The van der Waals surface area contributed by atoms with Gasteiger partial charge in [0.1, 0.15) is 94.2 Å². The van der Waals surface area contributed by atoms with Crippen LogP contribution in [-0.2, 0) is 44.7 Å². The van der Waals surface area contributed by atoms with E-state index in [1.54, 1.807) is 20.8 Å². The van der Waals surface area contributed by atoms with Crippen LogP contribution in [0.2, 0.25) is 10.0 Å². The summed E-state index contributed by atoms with van der Waals surface area (Å²) in [6, 6.07) is 8.59. The van der Waals surface area contributed by atoms with Crippen molar-refractivity contribution in [2.75, 3.05) is 0 Å². The zero-order valence-corrected chi connectivity index (χ0v) is 56.0. The second-order valence-electron chi connectivity index (χ2n) is 27.8. The second-order valence-corrected chi connectivity index (χ2v) is 28.6. The number of hydrogen-bond donors (Lipinski definition) is 15. The molecule has 15 N–H and O–H groups in total. The summed E-state index contributed by atoms with van der Waals surface area (Å²) in [7, 11) is 0. The molecule has 7 aromatic rings. The first-order chi connectivity index (χ1) is 48.5. The number of fused-ring (bicyclic) bond motifs is 14. The lowest BCUT2D eigenvalue weighted by molar-refractivity contribution is -0.137. The van der Waals surface area contributed by atoms with Gasteiger partial charge in [-0.25, -0.2) is 4.79 Å². The second kappa shape index (κ2) is 26.4. The molecule has 7 aromatic carbocycles. The van der Waals surface area contributed by atoms with Gasteiger partial charge in [0.15, 0.2) is 23.0 Å². The Morgan fingerprint density at radius 1 is 0.510 bits per heavy atom. The first kappa shape index (κ1) is 68.0. The van der Waals surface area contributed by atoms with Gasteiger partial charge in [0.05, 0.1) is 10.0 Å². The van der Waals surface area contributed by atoms with Crippen LogP contribution in [0.25, 0.3) is 11.1 Å². The molecule has 4 aliphatic carbocycles. The Morgan fingerprint density at radius 3 is 1.75 bits per heavy atom. The molecule has 0 unspecified atom stereocenters. The van der Waals surface area contributed by atoms with Crippen molar-refractivity contribution in [1.82, 2.24) is 42.5 Å². The Balaban J connectivity index is 0.930. The molecule has 27 nitrogen and oxygen atoms in total. The molecule has 6 aliphatic heterocycles. The van der Waals surface area contributed by atoms with Crippen molar-refractivity contribution in [2.24, 2.45) is 23.7 Å². The molecule has 17 rings (SSSR count). The summed E-state index contributed by atoms with van der Waals surface area (Å²) in [5, 5.41) is 104. The summed E-state index contributed by atoms with van der Waals surface area (Å²) in [5.41, 5.74) is -2.61. The average Bonchev–Trinajstić information content (AvgIpc) is 0.757. The van der Waals surface area contributed by atoms with E-state index in [9.17, 15) is 45.3 Å². The standard InChI is InChI=1S/C73H68Cl2N8O19/c1-73(2,3)102-72(98)83-58-33-6-9-48(87)52(23-33)99-41-20-37(19-39(84)26-41)59-68(94)80-60-38-24-53(100-50-10-4-29(17-44(50)74)18-46(65(91)78-59)76-66(58)92)64(90)54(25-38)101-51-11-7-34(22-45(51)75)63(89)62-71(97)81-61(70(96)77-56-35-13-30-12-31(15-35)16-36(56)14-30)43-27-40(85)28-49(88)55(43)42-21-32(5-8-47(42)86)57(67(93)82-62)79-69(60)95/h4-11,17,19-28,30-31,35-36,46,56-63,84-90H,12-16,18H2,1-3H3,(H,76,92)(H,77,96)(H,78,91)(H,79,95)(H,80,94)(H,81,97)(H,82,93)(H,83,98)/t30?,31?,35?,36?,46-,56?,57-,58-,59+,60-,61-,62+,63-/m1/s1. The number of phenolic OH excluding ortho intramolecular Hbond substituents is 6. The number of rotatable bonds is 3. The molecule has 528 valence electrons. The molecule has 102 heavy (non-hydrogen) atoms. The van der Waals surface area contributed by atoms with Gasteiger partial charge >= 0.3 is 6.09 Å². The quantitative estimate of drug-likeness (QED) is 0.0789. The first-order valence-electron chi connectivity index (χ1n) is 32.9. The van der Waals surface area contributed by atoms with Gasteiger partial charge in [0.25, 0.3) is 0 Å². The number of alkyl carbamates (subject to hydrolysis) is 1. The van der Waals surface area contributed by atoms with Crippen molar-refractivity contribution < 1.29 is 93.0 Å².